The Bertz CT molecular complexity index is 410. The molecule has 1 aliphatic carbocycles. The molecule has 19 heavy (non-hydrogen) atoms. The predicted octanol–water partition coefficient (Wildman–Crippen LogP) is 2.66. The van der Waals surface area contributed by atoms with E-state index in [4.69, 9.17) is 9.47 Å². The lowest BCUT2D eigenvalue weighted by molar-refractivity contribution is 0.0386. The van der Waals surface area contributed by atoms with Crippen LogP contribution in [0.3, 0.4) is 0 Å². The Morgan fingerprint density at radius 2 is 2.26 bits per heavy atom. The third kappa shape index (κ3) is 5.01. The molecule has 0 radical (unpaired) electrons. The summed E-state index contributed by atoms with van der Waals surface area (Å²) in [6.45, 7) is 1.63. The molecule has 1 fully saturated rings. The van der Waals surface area contributed by atoms with Crippen molar-refractivity contribution in [2.24, 2.45) is 5.92 Å². The number of halogens is 1. The van der Waals surface area contributed by atoms with Crippen LogP contribution in [-0.4, -0.2) is 38.1 Å². The van der Waals surface area contributed by atoms with Gasteiger partial charge >= 0.3 is 0 Å². The third-order valence-electron chi connectivity index (χ3n) is 3.05. The first-order valence-electron chi connectivity index (χ1n) is 6.52. The number of benzene rings is 1. The maximum Gasteiger partial charge on any atom is 0.135 e. The summed E-state index contributed by atoms with van der Waals surface area (Å²) in [4.78, 5) is 0. The molecule has 0 heterocycles. The number of rotatable bonds is 8. The standard InChI is InChI=1S/C14H20BrNO3/c1-18-14-6-11(4-5-13(14)15)16-7-12(17)9-19-8-10-2-3-10/h4-6,10,12,16-17H,2-3,7-9H2,1H3. The lowest BCUT2D eigenvalue weighted by Crippen LogP contribution is -2.25. The van der Waals surface area contributed by atoms with Crippen LogP contribution >= 0.6 is 15.9 Å². The molecule has 2 rings (SSSR count). The first-order valence-corrected chi connectivity index (χ1v) is 7.31. The summed E-state index contributed by atoms with van der Waals surface area (Å²) in [6, 6.07) is 5.74. The summed E-state index contributed by atoms with van der Waals surface area (Å²) in [5.74, 6) is 1.50. The van der Waals surface area contributed by atoms with Gasteiger partial charge in [0.1, 0.15) is 5.75 Å². The fraction of sp³-hybridized carbons (Fsp3) is 0.571. The molecular formula is C14H20BrNO3. The van der Waals surface area contributed by atoms with Crippen molar-refractivity contribution in [2.75, 3.05) is 32.2 Å². The number of hydrogen-bond acceptors (Lipinski definition) is 4. The summed E-state index contributed by atoms with van der Waals surface area (Å²) in [7, 11) is 1.63. The zero-order valence-corrected chi connectivity index (χ0v) is 12.6. The average molecular weight is 330 g/mol. The topological polar surface area (TPSA) is 50.7 Å². The number of aliphatic hydroxyl groups is 1. The van der Waals surface area contributed by atoms with Gasteiger partial charge in [-0.3, -0.25) is 0 Å². The second kappa shape index (κ2) is 7.12. The first-order chi connectivity index (χ1) is 9.19. The minimum atomic E-state index is -0.492. The minimum absolute atomic E-state index is 0.386. The van der Waals surface area contributed by atoms with E-state index in [9.17, 15) is 5.11 Å². The molecule has 0 bridgehead atoms. The third-order valence-corrected chi connectivity index (χ3v) is 3.71. The Balaban J connectivity index is 1.70. The van der Waals surface area contributed by atoms with Gasteiger partial charge in [-0.2, -0.15) is 0 Å². The number of nitrogens with one attached hydrogen (secondary N) is 1. The highest BCUT2D eigenvalue weighted by atomic mass is 79.9. The molecule has 1 unspecified atom stereocenters. The fourth-order valence-corrected chi connectivity index (χ4v) is 2.13. The van der Waals surface area contributed by atoms with Crippen LogP contribution in [0.2, 0.25) is 0 Å². The van der Waals surface area contributed by atoms with Gasteiger partial charge in [-0.15, -0.1) is 0 Å². The lowest BCUT2D eigenvalue weighted by Gasteiger charge is -2.14. The zero-order valence-electron chi connectivity index (χ0n) is 11.1. The van der Waals surface area contributed by atoms with Crippen LogP contribution in [-0.2, 0) is 4.74 Å². The highest BCUT2D eigenvalue weighted by Crippen LogP contribution is 2.29. The van der Waals surface area contributed by atoms with Gasteiger partial charge < -0.3 is 19.9 Å². The summed E-state index contributed by atoms with van der Waals surface area (Å²) in [6.07, 6.45) is 2.05. The van der Waals surface area contributed by atoms with Crippen molar-refractivity contribution in [1.82, 2.24) is 0 Å². The van der Waals surface area contributed by atoms with Crippen LogP contribution in [0, 0.1) is 5.92 Å². The Hall–Kier alpha value is -0.780. The molecule has 1 aromatic rings. The zero-order chi connectivity index (χ0) is 13.7. The lowest BCUT2D eigenvalue weighted by atomic mass is 10.3. The fourth-order valence-electron chi connectivity index (χ4n) is 1.72. The molecule has 0 saturated heterocycles. The van der Waals surface area contributed by atoms with Crippen molar-refractivity contribution in [2.45, 2.75) is 18.9 Å². The highest BCUT2D eigenvalue weighted by molar-refractivity contribution is 9.10. The molecule has 0 aromatic heterocycles. The maximum absolute atomic E-state index is 9.80. The molecule has 4 nitrogen and oxygen atoms in total. The van der Waals surface area contributed by atoms with E-state index in [0.717, 1.165) is 28.4 Å². The molecule has 1 saturated carbocycles. The number of methoxy groups -OCH3 is 1. The molecule has 2 N–H and O–H groups in total. The number of anilines is 1. The second-order valence-electron chi connectivity index (χ2n) is 4.86. The van der Waals surface area contributed by atoms with Crippen molar-refractivity contribution >= 4 is 21.6 Å². The molecule has 1 aromatic carbocycles. The van der Waals surface area contributed by atoms with Crippen LogP contribution in [0.15, 0.2) is 22.7 Å². The van der Waals surface area contributed by atoms with Crippen molar-refractivity contribution in [3.63, 3.8) is 0 Å². The molecule has 5 heteroatoms. The van der Waals surface area contributed by atoms with Crippen LogP contribution < -0.4 is 10.1 Å². The maximum atomic E-state index is 9.80. The van der Waals surface area contributed by atoms with E-state index in [1.165, 1.54) is 12.8 Å². The molecule has 1 atom stereocenters. The Morgan fingerprint density at radius 1 is 1.47 bits per heavy atom. The van der Waals surface area contributed by atoms with E-state index < -0.39 is 6.10 Å². The minimum Gasteiger partial charge on any atom is -0.495 e. The average Bonchev–Trinajstić information content (AvgIpc) is 3.22. The van der Waals surface area contributed by atoms with Gasteiger partial charge in [-0.25, -0.2) is 0 Å². The Morgan fingerprint density at radius 3 is 2.95 bits per heavy atom. The largest absolute Gasteiger partial charge is 0.495 e. The molecular weight excluding hydrogens is 310 g/mol. The van der Waals surface area contributed by atoms with Gasteiger partial charge in [-0.05, 0) is 46.8 Å². The molecule has 1 aliphatic rings. The van der Waals surface area contributed by atoms with Gasteiger partial charge in [0.15, 0.2) is 0 Å². The van der Waals surface area contributed by atoms with Crippen molar-refractivity contribution in [3.05, 3.63) is 22.7 Å². The van der Waals surface area contributed by atoms with Crippen LogP contribution in [0.25, 0.3) is 0 Å². The van der Waals surface area contributed by atoms with E-state index >= 15 is 0 Å². The number of ether oxygens (including phenoxy) is 2. The predicted molar refractivity (Wildman–Crippen MR) is 78.7 cm³/mol. The van der Waals surface area contributed by atoms with Gasteiger partial charge in [-0.1, -0.05) is 0 Å². The summed E-state index contributed by atoms with van der Waals surface area (Å²) >= 11 is 3.40. The van der Waals surface area contributed by atoms with E-state index in [1.54, 1.807) is 7.11 Å². The monoisotopic (exact) mass is 329 g/mol. The number of hydrogen-bond donors (Lipinski definition) is 2. The van der Waals surface area contributed by atoms with Crippen LogP contribution in [0.4, 0.5) is 5.69 Å². The quantitative estimate of drug-likeness (QED) is 0.769. The van der Waals surface area contributed by atoms with Gasteiger partial charge in [0.2, 0.25) is 0 Å². The van der Waals surface area contributed by atoms with Gasteiger partial charge in [0.05, 0.1) is 24.3 Å². The van der Waals surface area contributed by atoms with E-state index in [0.29, 0.717) is 13.2 Å². The van der Waals surface area contributed by atoms with Crippen LogP contribution in [0.5, 0.6) is 5.75 Å². The summed E-state index contributed by atoms with van der Waals surface area (Å²) < 4.78 is 11.6. The van der Waals surface area contributed by atoms with Gasteiger partial charge in [0, 0.05) is 24.9 Å². The first kappa shape index (κ1) is 14.6. The van der Waals surface area contributed by atoms with Gasteiger partial charge in [0.25, 0.3) is 0 Å². The molecule has 0 spiro atoms. The molecule has 0 amide bonds. The smallest absolute Gasteiger partial charge is 0.135 e. The SMILES string of the molecule is COc1cc(NCC(O)COCC2CC2)ccc1Br. The van der Waals surface area contributed by atoms with Crippen molar-refractivity contribution in [3.8, 4) is 5.75 Å². The Labute approximate surface area is 122 Å². The van der Waals surface area contributed by atoms with Crippen LogP contribution in [0.1, 0.15) is 12.8 Å². The molecule has 106 valence electrons. The molecule has 0 aliphatic heterocycles. The second-order valence-corrected chi connectivity index (χ2v) is 5.72. The number of aliphatic hydroxyl groups excluding tert-OH is 1. The normalized spacial score (nSPS) is 16.2. The van der Waals surface area contributed by atoms with E-state index in [1.807, 2.05) is 18.2 Å². The van der Waals surface area contributed by atoms with E-state index in [2.05, 4.69) is 21.2 Å². The summed E-state index contributed by atoms with van der Waals surface area (Å²) in [5, 5.41) is 13.0. The van der Waals surface area contributed by atoms with E-state index in [-0.39, 0.29) is 0 Å². The van der Waals surface area contributed by atoms with Crippen molar-refractivity contribution < 1.29 is 14.6 Å². The summed E-state index contributed by atoms with van der Waals surface area (Å²) in [5.41, 5.74) is 0.918. The Kier molecular flexibility index (Phi) is 5.48. The van der Waals surface area contributed by atoms with Crippen molar-refractivity contribution in [1.29, 1.82) is 0 Å². The highest BCUT2D eigenvalue weighted by Gasteiger charge is 2.21.